The number of rotatable bonds is 3. The largest absolute Gasteiger partial charge is 0.331 e. The van der Waals surface area contributed by atoms with Crippen LogP contribution in [0, 0.1) is 10.2 Å². The summed E-state index contributed by atoms with van der Waals surface area (Å²) in [5, 5.41) is 0. The van der Waals surface area contributed by atoms with Gasteiger partial charge in [0.1, 0.15) is 6.16 Å². The van der Waals surface area contributed by atoms with E-state index in [1.807, 2.05) is 18.2 Å². The molecule has 1 aromatic rings. The molecule has 0 saturated carbocycles. The van der Waals surface area contributed by atoms with Gasteiger partial charge >= 0.3 is 7.60 Å². The summed E-state index contributed by atoms with van der Waals surface area (Å²) in [6.45, 7) is 0.352. The van der Waals surface area contributed by atoms with Crippen molar-refractivity contribution in [2.45, 2.75) is 6.54 Å². The van der Waals surface area contributed by atoms with Gasteiger partial charge in [-0.05, 0) is 0 Å². The molecular formula is C7H11ClNO7P. The second-order valence-electron chi connectivity index (χ2n) is 2.88. The minimum Gasteiger partial charge on any atom is -0.324 e. The summed E-state index contributed by atoms with van der Waals surface area (Å²) in [5.74, 6) is 0. The molecule has 10 heteroatoms. The third-order valence-electron chi connectivity index (χ3n) is 1.43. The molecule has 1 rings (SSSR count). The van der Waals surface area contributed by atoms with Gasteiger partial charge in [-0.15, -0.1) is 10.2 Å². The molecule has 0 amide bonds. The molecule has 1 aromatic heterocycles. The highest BCUT2D eigenvalue weighted by Gasteiger charge is 2.15. The summed E-state index contributed by atoms with van der Waals surface area (Å²) in [4.78, 5) is 17.2. The molecule has 0 aromatic carbocycles. The highest BCUT2D eigenvalue weighted by atomic mass is 35.7. The van der Waals surface area contributed by atoms with Gasteiger partial charge in [-0.3, -0.25) is 4.57 Å². The smallest absolute Gasteiger partial charge is 0.324 e. The summed E-state index contributed by atoms with van der Waals surface area (Å²) in [6.07, 6.45) is 3.44. The van der Waals surface area contributed by atoms with E-state index >= 15 is 0 Å². The van der Waals surface area contributed by atoms with Crippen LogP contribution in [0.25, 0.3) is 0 Å². The molecular weight excluding hydrogens is 277 g/mol. The van der Waals surface area contributed by atoms with Gasteiger partial charge in [-0.25, -0.2) is 23.2 Å². The minimum atomic E-state index is -4.94. The molecule has 0 radical (unpaired) electrons. The Morgan fingerprint density at radius 2 is 1.47 bits per heavy atom. The second-order valence-corrected chi connectivity index (χ2v) is 5.41. The fraction of sp³-hybridized carbons (Fsp3) is 0.286. The molecule has 0 bridgehead atoms. The molecule has 0 fully saturated rings. The molecule has 0 saturated heterocycles. The van der Waals surface area contributed by atoms with E-state index in [0.717, 1.165) is 0 Å². The number of pyridine rings is 1. The van der Waals surface area contributed by atoms with Gasteiger partial charge < -0.3 is 9.79 Å². The van der Waals surface area contributed by atoms with Crippen molar-refractivity contribution in [1.29, 1.82) is 0 Å². The Kier molecular flexibility index (Phi) is 6.76. The summed E-state index contributed by atoms with van der Waals surface area (Å²) in [6, 6.07) is 5.49. The van der Waals surface area contributed by atoms with E-state index in [1.165, 1.54) is 0 Å². The van der Waals surface area contributed by atoms with E-state index in [0.29, 0.717) is 6.54 Å². The fourth-order valence-electron chi connectivity index (χ4n) is 0.829. The lowest BCUT2D eigenvalue weighted by molar-refractivity contribution is -2.00. The van der Waals surface area contributed by atoms with E-state index in [1.54, 1.807) is 17.0 Å². The number of halogens is 1. The molecule has 0 aliphatic heterocycles. The lowest BCUT2D eigenvalue weighted by Gasteiger charge is -2.17. The summed E-state index contributed by atoms with van der Waals surface area (Å²) >= 11 is 0. The van der Waals surface area contributed by atoms with Crippen LogP contribution in [0.15, 0.2) is 30.6 Å². The highest BCUT2D eigenvalue weighted by molar-refractivity contribution is 7.51. The van der Waals surface area contributed by atoms with Crippen LogP contribution < -0.4 is 23.2 Å². The quantitative estimate of drug-likeness (QED) is 0.419. The normalized spacial score (nSPS) is 11.6. The number of aromatic nitrogens is 1. The van der Waals surface area contributed by atoms with Crippen molar-refractivity contribution in [2.75, 3.05) is 6.16 Å². The molecule has 0 atom stereocenters. The van der Waals surface area contributed by atoms with Gasteiger partial charge in [-0.2, -0.15) is 0 Å². The van der Waals surface area contributed by atoms with Crippen molar-refractivity contribution in [2.24, 2.45) is 0 Å². The van der Waals surface area contributed by atoms with Gasteiger partial charge in [0.25, 0.3) is 0 Å². The maximum absolute atomic E-state index is 10.5. The maximum atomic E-state index is 10.5. The molecule has 0 spiro atoms. The number of hydrogen-bond acceptors (Lipinski definition) is 5. The first-order valence-electron chi connectivity index (χ1n) is 4.18. The predicted molar refractivity (Wildman–Crippen MR) is 43.5 cm³/mol. The number of aryl methyl sites for hydroxylation is 1. The van der Waals surface area contributed by atoms with Gasteiger partial charge in [0.15, 0.2) is 18.9 Å². The average Bonchev–Trinajstić information content (AvgIpc) is 2.13. The highest BCUT2D eigenvalue weighted by Crippen LogP contribution is 2.33. The summed E-state index contributed by atoms with van der Waals surface area (Å²) in [7, 11) is -8.80. The molecule has 17 heavy (non-hydrogen) atoms. The molecule has 0 aliphatic carbocycles. The average molecular weight is 288 g/mol. The van der Waals surface area contributed by atoms with Crippen LogP contribution in [0.4, 0.5) is 0 Å². The zero-order chi connectivity index (χ0) is 13.5. The Bertz CT molecular complexity index is 356. The predicted octanol–water partition coefficient (Wildman–Crippen LogP) is -4.60. The van der Waals surface area contributed by atoms with Crippen LogP contribution in [0.1, 0.15) is 0 Å². The van der Waals surface area contributed by atoms with Crippen molar-refractivity contribution < 1.29 is 47.8 Å². The molecule has 98 valence electrons. The van der Waals surface area contributed by atoms with Crippen LogP contribution in [0.2, 0.25) is 0 Å². The Hall–Kier alpha value is -0.570. The van der Waals surface area contributed by atoms with E-state index in [-0.39, 0.29) is 6.16 Å². The first kappa shape index (κ1) is 16.4. The topological polar surface area (TPSA) is 154 Å². The SMILES string of the molecule is O=P(O)(O)CC[n+]1ccccc1.[O-][Cl+3]([O-])([O-])[O-]. The molecule has 8 nitrogen and oxygen atoms in total. The van der Waals surface area contributed by atoms with E-state index in [2.05, 4.69) is 0 Å². The Morgan fingerprint density at radius 1 is 1.06 bits per heavy atom. The van der Waals surface area contributed by atoms with Crippen LogP contribution >= 0.6 is 7.60 Å². The Labute approximate surface area is 99.3 Å². The summed E-state index contributed by atoms with van der Waals surface area (Å²) in [5.41, 5.74) is 0. The fourth-order valence-corrected chi connectivity index (χ4v) is 1.32. The molecule has 0 aliphatic rings. The van der Waals surface area contributed by atoms with Crippen molar-refractivity contribution in [3.63, 3.8) is 0 Å². The van der Waals surface area contributed by atoms with Gasteiger partial charge in [-0.1, -0.05) is 6.07 Å². The van der Waals surface area contributed by atoms with Crippen LogP contribution in [0.3, 0.4) is 0 Å². The zero-order valence-electron chi connectivity index (χ0n) is 8.51. The van der Waals surface area contributed by atoms with Crippen molar-refractivity contribution in [1.82, 2.24) is 0 Å². The van der Waals surface area contributed by atoms with Crippen molar-refractivity contribution in [3.05, 3.63) is 30.6 Å². The lowest BCUT2D eigenvalue weighted by Crippen LogP contribution is -2.68. The van der Waals surface area contributed by atoms with Gasteiger partial charge in [0.2, 0.25) is 0 Å². The lowest BCUT2D eigenvalue weighted by atomic mass is 10.5. The van der Waals surface area contributed by atoms with E-state index in [4.69, 9.17) is 28.4 Å². The van der Waals surface area contributed by atoms with Crippen molar-refractivity contribution in [3.8, 4) is 0 Å². The third kappa shape index (κ3) is 15.4. The first-order valence-corrected chi connectivity index (χ1v) is 7.21. The zero-order valence-corrected chi connectivity index (χ0v) is 10.2. The second kappa shape index (κ2) is 7.00. The maximum Gasteiger partial charge on any atom is 0.331 e. The van der Waals surface area contributed by atoms with Crippen LogP contribution in [0.5, 0.6) is 0 Å². The first-order chi connectivity index (χ1) is 7.58. The minimum absolute atomic E-state index is 0.109. The van der Waals surface area contributed by atoms with E-state index < -0.39 is 17.8 Å². The number of nitrogens with zero attached hydrogens (tertiary/aromatic N) is 1. The monoisotopic (exact) mass is 287 g/mol. The molecule has 1 heterocycles. The van der Waals surface area contributed by atoms with Crippen molar-refractivity contribution >= 4 is 7.60 Å². The summed E-state index contributed by atoms with van der Waals surface area (Å²) < 4.78 is 46.2. The van der Waals surface area contributed by atoms with Crippen LogP contribution in [-0.4, -0.2) is 15.9 Å². The Balaban J connectivity index is 0.000000437. The number of hydrogen-bond donors (Lipinski definition) is 2. The molecule has 0 unspecified atom stereocenters. The Morgan fingerprint density at radius 3 is 1.82 bits per heavy atom. The van der Waals surface area contributed by atoms with Gasteiger partial charge in [0.05, 0.1) is 0 Å². The molecule has 2 N–H and O–H groups in total. The third-order valence-corrected chi connectivity index (χ3v) is 2.21. The van der Waals surface area contributed by atoms with E-state index in [9.17, 15) is 4.57 Å². The standard InChI is InChI=1S/C7H10NO3P.ClHO4/c9-12(10,11)7-6-8-4-2-1-3-5-8;2-1(3,4)5/h1-5H,6-7H2,(H-,9,10,11);(H,2,3,4,5). The van der Waals surface area contributed by atoms with Crippen LogP contribution in [-0.2, 0) is 11.1 Å². The van der Waals surface area contributed by atoms with Gasteiger partial charge in [0, 0.05) is 12.1 Å².